The molecule has 2 atom stereocenters. The van der Waals surface area contributed by atoms with Gasteiger partial charge in [0.25, 0.3) is 0 Å². The maximum atomic E-state index is 10.6. The molecule has 0 bridgehead atoms. The second-order valence-corrected chi connectivity index (χ2v) is 7.28. The van der Waals surface area contributed by atoms with Crippen LogP contribution in [-0.2, 0) is 11.2 Å². The van der Waals surface area contributed by atoms with Gasteiger partial charge in [-0.05, 0) is 49.3 Å². The van der Waals surface area contributed by atoms with Gasteiger partial charge >= 0.3 is 0 Å². The van der Waals surface area contributed by atoms with Crippen LogP contribution in [0.5, 0.6) is 0 Å². The van der Waals surface area contributed by atoms with Gasteiger partial charge in [-0.25, -0.2) is 0 Å². The molecule has 1 spiro atoms. The molecule has 1 saturated heterocycles. The topological polar surface area (TPSA) is 29.5 Å². The van der Waals surface area contributed by atoms with E-state index in [1.807, 2.05) is 18.2 Å². The third kappa shape index (κ3) is 3.39. The van der Waals surface area contributed by atoms with Crippen LogP contribution in [0.1, 0.15) is 44.1 Å². The Morgan fingerprint density at radius 1 is 1.24 bits per heavy atom. The lowest BCUT2D eigenvalue weighted by molar-refractivity contribution is -0.112. The first-order chi connectivity index (χ1) is 10.1. The van der Waals surface area contributed by atoms with Gasteiger partial charge < -0.3 is 9.84 Å². The van der Waals surface area contributed by atoms with Crippen LogP contribution in [0, 0.1) is 5.92 Å². The van der Waals surface area contributed by atoms with Crippen molar-refractivity contribution in [3.05, 3.63) is 33.8 Å². The zero-order valence-corrected chi connectivity index (χ0v) is 13.7. The highest BCUT2D eigenvalue weighted by Crippen LogP contribution is 2.43. The van der Waals surface area contributed by atoms with Crippen LogP contribution < -0.4 is 0 Å². The van der Waals surface area contributed by atoms with Crippen molar-refractivity contribution in [2.24, 2.45) is 5.92 Å². The van der Waals surface area contributed by atoms with E-state index in [0.29, 0.717) is 16.5 Å². The second-order valence-electron chi connectivity index (χ2n) is 6.46. The van der Waals surface area contributed by atoms with Crippen molar-refractivity contribution in [3.8, 4) is 0 Å². The van der Waals surface area contributed by atoms with E-state index in [9.17, 15) is 5.11 Å². The zero-order valence-electron chi connectivity index (χ0n) is 12.2. The highest BCUT2D eigenvalue weighted by Gasteiger charge is 2.41. The zero-order chi connectivity index (χ0) is 14.9. The van der Waals surface area contributed by atoms with Crippen molar-refractivity contribution in [2.45, 2.75) is 56.7 Å². The number of halogens is 2. The molecule has 0 radical (unpaired) electrons. The molecule has 116 valence electrons. The fourth-order valence-corrected chi connectivity index (χ4v) is 4.42. The lowest BCUT2D eigenvalue weighted by Crippen LogP contribution is -2.41. The van der Waals surface area contributed by atoms with Crippen molar-refractivity contribution in [1.29, 1.82) is 0 Å². The van der Waals surface area contributed by atoms with Gasteiger partial charge in [0, 0.05) is 23.1 Å². The van der Waals surface area contributed by atoms with Crippen molar-refractivity contribution < 1.29 is 9.84 Å². The summed E-state index contributed by atoms with van der Waals surface area (Å²) in [5.74, 6) is 0.282. The van der Waals surface area contributed by atoms with Crippen molar-refractivity contribution in [2.75, 3.05) is 6.61 Å². The van der Waals surface area contributed by atoms with Crippen LogP contribution in [0.2, 0.25) is 10.0 Å². The second kappa shape index (κ2) is 6.45. The number of hydrogen-bond acceptors (Lipinski definition) is 2. The number of hydrogen-bond donors (Lipinski definition) is 1. The highest BCUT2D eigenvalue weighted by atomic mass is 35.5. The summed E-state index contributed by atoms with van der Waals surface area (Å²) in [5, 5.41) is 11.9. The first-order valence-electron chi connectivity index (χ1n) is 7.85. The average molecular weight is 329 g/mol. The molecule has 4 heteroatoms. The number of ether oxygens (including phenoxy) is 1. The number of benzene rings is 1. The molecule has 2 fully saturated rings. The lowest BCUT2D eigenvalue weighted by atomic mass is 9.80. The van der Waals surface area contributed by atoms with Gasteiger partial charge in [0.15, 0.2) is 0 Å². The van der Waals surface area contributed by atoms with Gasteiger partial charge in [-0.1, -0.05) is 42.1 Å². The van der Waals surface area contributed by atoms with Crippen LogP contribution in [0.4, 0.5) is 0 Å². The summed E-state index contributed by atoms with van der Waals surface area (Å²) >= 11 is 12.4. The Kier molecular flexibility index (Phi) is 4.80. The van der Waals surface area contributed by atoms with Crippen molar-refractivity contribution >= 4 is 23.2 Å². The Bertz CT molecular complexity index is 477. The van der Waals surface area contributed by atoms with Crippen molar-refractivity contribution in [3.63, 3.8) is 0 Å². The molecule has 0 amide bonds. The summed E-state index contributed by atoms with van der Waals surface area (Å²) in [7, 11) is 0. The third-order valence-corrected chi connectivity index (χ3v) is 5.77. The molecule has 2 unspecified atom stereocenters. The van der Waals surface area contributed by atoms with Gasteiger partial charge in [0.2, 0.25) is 0 Å². The smallest absolute Gasteiger partial charge is 0.0686 e. The largest absolute Gasteiger partial charge is 0.392 e. The number of aliphatic hydroxyl groups is 1. The minimum absolute atomic E-state index is 0.0359. The normalized spacial score (nSPS) is 26.1. The Morgan fingerprint density at radius 3 is 2.57 bits per heavy atom. The molecular formula is C17H22Cl2O2. The first kappa shape index (κ1) is 15.6. The van der Waals surface area contributed by atoms with Crippen LogP contribution >= 0.6 is 23.2 Å². The number of aliphatic hydroxyl groups excluding tert-OH is 1. The predicted octanol–water partition coefficient (Wildman–Crippen LogP) is 4.64. The van der Waals surface area contributed by atoms with E-state index in [1.165, 1.54) is 12.8 Å². The minimum Gasteiger partial charge on any atom is -0.392 e. The Labute approximate surface area is 136 Å². The third-order valence-electron chi connectivity index (χ3n) is 5.06. The molecule has 1 aliphatic heterocycles. The fourth-order valence-electron chi connectivity index (χ4n) is 3.86. The fraction of sp³-hybridized carbons (Fsp3) is 0.647. The van der Waals surface area contributed by atoms with E-state index >= 15 is 0 Å². The SMILES string of the molecule is OC(Cc1c(Cl)cccc1Cl)C1CCOC2(CCCC2)C1. The van der Waals surface area contributed by atoms with Gasteiger partial charge in [-0.15, -0.1) is 0 Å². The lowest BCUT2D eigenvalue weighted by Gasteiger charge is -2.40. The van der Waals surface area contributed by atoms with Crippen LogP contribution in [0.3, 0.4) is 0 Å². The Hall–Kier alpha value is -0.280. The average Bonchev–Trinajstić information content (AvgIpc) is 2.91. The molecule has 1 heterocycles. The molecule has 2 nitrogen and oxygen atoms in total. The maximum absolute atomic E-state index is 10.6. The van der Waals surface area contributed by atoms with E-state index in [4.69, 9.17) is 27.9 Å². The molecule has 21 heavy (non-hydrogen) atoms. The molecule has 1 saturated carbocycles. The maximum Gasteiger partial charge on any atom is 0.0686 e. The summed E-state index contributed by atoms with van der Waals surface area (Å²) < 4.78 is 6.04. The Morgan fingerprint density at radius 2 is 1.90 bits per heavy atom. The molecular weight excluding hydrogens is 307 g/mol. The summed E-state index contributed by atoms with van der Waals surface area (Å²) in [4.78, 5) is 0. The van der Waals surface area contributed by atoms with Crippen LogP contribution in [-0.4, -0.2) is 23.4 Å². The van der Waals surface area contributed by atoms with Crippen LogP contribution in [0.15, 0.2) is 18.2 Å². The first-order valence-corrected chi connectivity index (χ1v) is 8.60. The summed E-state index contributed by atoms with van der Waals surface area (Å²) in [5.41, 5.74) is 0.897. The van der Waals surface area contributed by atoms with Gasteiger partial charge in [0.05, 0.1) is 11.7 Å². The van der Waals surface area contributed by atoms with Gasteiger partial charge in [-0.2, -0.15) is 0 Å². The van der Waals surface area contributed by atoms with E-state index < -0.39 is 6.10 Å². The standard InChI is InChI=1S/C17H22Cl2O2/c18-14-4-3-5-15(19)13(14)10-16(20)12-6-9-21-17(11-12)7-1-2-8-17/h3-5,12,16,20H,1-2,6-11H2. The molecule has 3 rings (SSSR count). The summed E-state index contributed by atoms with van der Waals surface area (Å²) in [6.45, 7) is 0.762. The molecule has 1 aromatic carbocycles. The van der Waals surface area contributed by atoms with E-state index in [0.717, 1.165) is 37.9 Å². The van der Waals surface area contributed by atoms with E-state index in [2.05, 4.69) is 0 Å². The number of rotatable bonds is 3. The molecule has 1 aromatic rings. The highest BCUT2D eigenvalue weighted by molar-refractivity contribution is 6.35. The van der Waals surface area contributed by atoms with Gasteiger partial charge in [-0.3, -0.25) is 0 Å². The minimum atomic E-state index is -0.399. The summed E-state index contributed by atoms with van der Waals surface area (Å²) in [6.07, 6.45) is 6.80. The van der Waals surface area contributed by atoms with Crippen LogP contribution in [0.25, 0.3) is 0 Å². The van der Waals surface area contributed by atoms with E-state index in [-0.39, 0.29) is 11.5 Å². The quantitative estimate of drug-likeness (QED) is 0.876. The molecule has 1 aliphatic carbocycles. The monoisotopic (exact) mass is 328 g/mol. The molecule has 1 N–H and O–H groups in total. The molecule has 2 aliphatic rings. The summed E-state index contributed by atoms with van der Waals surface area (Å²) in [6, 6.07) is 5.50. The van der Waals surface area contributed by atoms with Gasteiger partial charge in [0.1, 0.15) is 0 Å². The Balaban J connectivity index is 1.69. The van der Waals surface area contributed by atoms with Crippen molar-refractivity contribution in [1.82, 2.24) is 0 Å². The van der Waals surface area contributed by atoms with E-state index in [1.54, 1.807) is 0 Å². The predicted molar refractivity (Wildman–Crippen MR) is 86.0 cm³/mol. The molecule has 0 aromatic heterocycles.